The summed E-state index contributed by atoms with van der Waals surface area (Å²) in [6, 6.07) is 16.7. The third-order valence-electron chi connectivity index (χ3n) is 5.94. The van der Waals surface area contributed by atoms with E-state index in [1.165, 1.54) is 11.1 Å². The molecular formula is C24H29ClN4O. The van der Waals surface area contributed by atoms with Gasteiger partial charge in [-0.1, -0.05) is 30.3 Å². The molecule has 0 aliphatic carbocycles. The molecule has 0 atom stereocenters. The van der Waals surface area contributed by atoms with E-state index in [4.69, 9.17) is 5.10 Å². The second-order valence-corrected chi connectivity index (χ2v) is 7.83. The van der Waals surface area contributed by atoms with Crippen LogP contribution in [0.15, 0.2) is 54.7 Å². The lowest BCUT2D eigenvalue weighted by Crippen LogP contribution is -2.44. The van der Waals surface area contributed by atoms with Crippen molar-refractivity contribution in [1.82, 2.24) is 20.0 Å². The van der Waals surface area contributed by atoms with E-state index in [-0.39, 0.29) is 18.3 Å². The van der Waals surface area contributed by atoms with E-state index in [0.29, 0.717) is 11.6 Å². The lowest BCUT2D eigenvalue weighted by molar-refractivity contribution is 0.0708. The van der Waals surface area contributed by atoms with Crippen molar-refractivity contribution in [2.24, 2.45) is 0 Å². The number of amides is 1. The van der Waals surface area contributed by atoms with Crippen LogP contribution in [0.25, 0.3) is 16.9 Å². The Kier molecular flexibility index (Phi) is 6.95. The van der Waals surface area contributed by atoms with Crippen LogP contribution < -0.4 is 5.32 Å². The number of hydrogen-bond donors (Lipinski definition) is 1. The van der Waals surface area contributed by atoms with E-state index in [1.807, 2.05) is 53.2 Å². The van der Waals surface area contributed by atoms with Crippen LogP contribution in [0.4, 0.5) is 0 Å². The molecule has 0 unspecified atom stereocenters. The molecule has 0 bridgehead atoms. The van der Waals surface area contributed by atoms with Gasteiger partial charge in [-0.05, 0) is 63.1 Å². The number of aromatic nitrogens is 2. The fraction of sp³-hybridized carbons (Fsp3) is 0.333. The van der Waals surface area contributed by atoms with Gasteiger partial charge in [0.2, 0.25) is 0 Å². The second-order valence-electron chi connectivity index (χ2n) is 7.83. The van der Waals surface area contributed by atoms with Crippen molar-refractivity contribution >= 4 is 18.3 Å². The molecule has 30 heavy (non-hydrogen) atoms. The Morgan fingerprint density at radius 2 is 1.73 bits per heavy atom. The molecule has 0 spiro atoms. The first-order chi connectivity index (χ1) is 14.1. The fourth-order valence-electron chi connectivity index (χ4n) is 3.89. The molecule has 1 aromatic heterocycles. The van der Waals surface area contributed by atoms with Gasteiger partial charge < -0.3 is 10.2 Å². The summed E-state index contributed by atoms with van der Waals surface area (Å²) in [6.07, 6.45) is 3.84. The van der Waals surface area contributed by atoms with Crippen LogP contribution in [-0.4, -0.2) is 46.8 Å². The Morgan fingerprint density at radius 3 is 2.37 bits per heavy atom. The van der Waals surface area contributed by atoms with Gasteiger partial charge in [0, 0.05) is 30.9 Å². The maximum Gasteiger partial charge on any atom is 0.257 e. The molecule has 5 nitrogen and oxygen atoms in total. The van der Waals surface area contributed by atoms with Gasteiger partial charge in [0.25, 0.3) is 5.91 Å². The van der Waals surface area contributed by atoms with E-state index in [9.17, 15) is 4.79 Å². The van der Waals surface area contributed by atoms with Crippen molar-refractivity contribution < 1.29 is 4.79 Å². The van der Waals surface area contributed by atoms with Crippen LogP contribution in [-0.2, 0) is 0 Å². The average Bonchev–Trinajstić information content (AvgIpc) is 3.21. The first-order valence-corrected chi connectivity index (χ1v) is 10.3. The molecule has 1 amide bonds. The highest BCUT2D eigenvalue weighted by atomic mass is 35.5. The number of carbonyl (C=O) groups excluding carboxylic acids is 1. The molecule has 158 valence electrons. The maximum atomic E-state index is 13.4. The summed E-state index contributed by atoms with van der Waals surface area (Å²) in [6.45, 7) is 5.73. The summed E-state index contributed by atoms with van der Waals surface area (Å²) in [4.78, 5) is 15.4. The van der Waals surface area contributed by atoms with Gasteiger partial charge in [-0.15, -0.1) is 12.4 Å². The Bertz CT molecular complexity index is 1010. The molecule has 1 saturated heterocycles. The average molecular weight is 425 g/mol. The molecule has 1 aliphatic heterocycles. The minimum Gasteiger partial charge on any atom is -0.338 e. The van der Waals surface area contributed by atoms with Crippen LogP contribution in [0.5, 0.6) is 0 Å². The zero-order chi connectivity index (χ0) is 20.4. The summed E-state index contributed by atoms with van der Waals surface area (Å²) in [5, 5.41) is 8.15. The first kappa shape index (κ1) is 22.1. The van der Waals surface area contributed by atoms with Crippen molar-refractivity contribution in [3.05, 3.63) is 71.4 Å². The number of likely N-dealkylation sites (tertiary alicyclic amines) is 1. The smallest absolute Gasteiger partial charge is 0.257 e. The fourth-order valence-corrected chi connectivity index (χ4v) is 3.89. The monoisotopic (exact) mass is 424 g/mol. The number of hydrogen-bond acceptors (Lipinski definition) is 3. The molecule has 4 rings (SSSR count). The Hall–Kier alpha value is -2.63. The predicted octanol–water partition coefficient (Wildman–Crippen LogP) is 4.40. The van der Waals surface area contributed by atoms with Crippen molar-refractivity contribution in [3.63, 3.8) is 0 Å². The number of rotatable bonds is 4. The van der Waals surface area contributed by atoms with Gasteiger partial charge >= 0.3 is 0 Å². The van der Waals surface area contributed by atoms with Gasteiger partial charge in [0.15, 0.2) is 0 Å². The molecule has 1 N–H and O–H groups in total. The standard InChI is InChI=1S/C24H28N4O.ClH/c1-17-9-10-19(15-18(17)2)23-22(16-28(26-23)21-7-5-4-6-8-21)24(29)27-13-11-20(25-3)12-14-27;/h4-10,15-16,20,25H,11-14H2,1-3H3;1H. The van der Waals surface area contributed by atoms with Gasteiger partial charge in [-0.2, -0.15) is 5.10 Å². The Balaban J connectivity index is 0.00000256. The van der Waals surface area contributed by atoms with Crippen LogP contribution >= 0.6 is 12.4 Å². The van der Waals surface area contributed by atoms with Crippen LogP contribution in [0.2, 0.25) is 0 Å². The van der Waals surface area contributed by atoms with E-state index in [0.717, 1.165) is 42.9 Å². The van der Waals surface area contributed by atoms with Crippen molar-refractivity contribution in [3.8, 4) is 16.9 Å². The van der Waals surface area contributed by atoms with E-state index in [2.05, 4.69) is 37.4 Å². The minimum absolute atomic E-state index is 0. The molecule has 1 aliphatic rings. The number of nitrogens with zero attached hydrogens (tertiary/aromatic N) is 3. The largest absolute Gasteiger partial charge is 0.338 e. The van der Waals surface area contributed by atoms with Crippen LogP contribution in [0.3, 0.4) is 0 Å². The normalized spacial score (nSPS) is 14.4. The van der Waals surface area contributed by atoms with Gasteiger partial charge in [-0.25, -0.2) is 4.68 Å². The number of carbonyl (C=O) groups is 1. The highest BCUT2D eigenvalue weighted by Crippen LogP contribution is 2.27. The third kappa shape index (κ3) is 4.42. The molecule has 6 heteroatoms. The number of halogens is 1. The summed E-state index contributed by atoms with van der Waals surface area (Å²) >= 11 is 0. The second kappa shape index (κ2) is 9.45. The molecule has 0 radical (unpaired) electrons. The van der Waals surface area contributed by atoms with Crippen LogP contribution in [0.1, 0.15) is 34.3 Å². The Morgan fingerprint density at radius 1 is 1.03 bits per heavy atom. The zero-order valence-electron chi connectivity index (χ0n) is 17.8. The van der Waals surface area contributed by atoms with E-state index < -0.39 is 0 Å². The van der Waals surface area contributed by atoms with E-state index in [1.54, 1.807) is 0 Å². The summed E-state index contributed by atoms with van der Waals surface area (Å²) in [5.74, 6) is 0.0648. The summed E-state index contributed by atoms with van der Waals surface area (Å²) < 4.78 is 1.82. The van der Waals surface area contributed by atoms with Crippen molar-refractivity contribution in [1.29, 1.82) is 0 Å². The zero-order valence-corrected chi connectivity index (χ0v) is 18.6. The van der Waals surface area contributed by atoms with Gasteiger partial charge in [-0.3, -0.25) is 4.79 Å². The minimum atomic E-state index is 0. The number of para-hydroxylation sites is 1. The third-order valence-corrected chi connectivity index (χ3v) is 5.94. The summed E-state index contributed by atoms with van der Waals surface area (Å²) in [7, 11) is 1.99. The highest BCUT2D eigenvalue weighted by Gasteiger charge is 2.27. The van der Waals surface area contributed by atoms with Gasteiger partial charge in [0.05, 0.1) is 11.3 Å². The molecule has 3 aromatic rings. The van der Waals surface area contributed by atoms with Gasteiger partial charge in [0.1, 0.15) is 5.69 Å². The predicted molar refractivity (Wildman–Crippen MR) is 124 cm³/mol. The van der Waals surface area contributed by atoms with Crippen molar-refractivity contribution in [2.45, 2.75) is 32.7 Å². The quantitative estimate of drug-likeness (QED) is 0.675. The molecule has 2 aromatic carbocycles. The lowest BCUT2D eigenvalue weighted by Gasteiger charge is -2.31. The van der Waals surface area contributed by atoms with Crippen molar-refractivity contribution in [2.75, 3.05) is 20.1 Å². The van der Waals surface area contributed by atoms with E-state index >= 15 is 0 Å². The SMILES string of the molecule is CNC1CCN(C(=O)c2cn(-c3ccccc3)nc2-c2ccc(C)c(C)c2)CC1.Cl. The molecular weight excluding hydrogens is 396 g/mol. The topological polar surface area (TPSA) is 50.2 Å². The Labute approximate surface area is 184 Å². The molecule has 2 heterocycles. The maximum absolute atomic E-state index is 13.4. The number of nitrogens with one attached hydrogen (secondary N) is 1. The summed E-state index contributed by atoms with van der Waals surface area (Å²) in [5.41, 5.74) is 5.78. The number of aryl methyl sites for hydroxylation is 2. The lowest BCUT2D eigenvalue weighted by atomic mass is 10.0. The number of benzene rings is 2. The molecule has 1 fully saturated rings. The highest BCUT2D eigenvalue weighted by molar-refractivity contribution is 6.00. The number of piperidine rings is 1. The van der Waals surface area contributed by atoms with Crippen LogP contribution in [0, 0.1) is 13.8 Å². The first-order valence-electron chi connectivity index (χ1n) is 10.3. The molecule has 0 saturated carbocycles.